The Bertz CT molecular complexity index is 1100. The lowest BCUT2D eigenvalue weighted by Gasteiger charge is -2.17. The van der Waals surface area contributed by atoms with E-state index in [4.69, 9.17) is 10.5 Å². The number of pyridine rings is 1. The number of carbonyl (C=O) groups is 2. The Hall–Kier alpha value is -3.56. The highest BCUT2D eigenvalue weighted by molar-refractivity contribution is 7.80. The van der Waals surface area contributed by atoms with E-state index >= 15 is 0 Å². The summed E-state index contributed by atoms with van der Waals surface area (Å²) in [6.45, 7) is 0.0622. The highest BCUT2D eigenvalue weighted by atomic mass is 32.1. The zero-order valence-electron chi connectivity index (χ0n) is 19.3. The first-order valence-electron chi connectivity index (χ1n) is 11.3. The Kier molecular flexibility index (Phi) is 9.94. The third-order valence-corrected chi connectivity index (χ3v) is 5.73. The van der Waals surface area contributed by atoms with E-state index in [9.17, 15) is 14.7 Å². The number of amides is 1. The highest BCUT2D eigenvalue weighted by Gasteiger charge is 2.20. The number of aryl methyl sites for hydroxylation is 1. The molecule has 2 aromatic carbocycles. The Morgan fingerprint density at radius 1 is 1.03 bits per heavy atom. The molecule has 1 unspecified atom stereocenters. The van der Waals surface area contributed by atoms with Crippen LogP contribution in [-0.2, 0) is 16.0 Å². The van der Waals surface area contributed by atoms with Gasteiger partial charge in [-0.2, -0.15) is 12.6 Å². The number of hydrogen-bond acceptors (Lipinski definition) is 7. The summed E-state index contributed by atoms with van der Waals surface area (Å²) in [5, 5.41) is 15.3. The molecule has 0 aliphatic heterocycles. The lowest BCUT2D eigenvalue weighted by molar-refractivity contribution is -0.142. The maximum Gasteiger partial charge on any atom is 0.326 e. The van der Waals surface area contributed by atoms with Gasteiger partial charge in [-0.15, -0.1) is 0 Å². The number of hydrogen-bond donors (Lipinski definition) is 5. The van der Waals surface area contributed by atoms with Crippen molar-refractivity contribution >= 4 is 30.2 Å². The number of benzene rings is 2. The summed E-state index contributed by atoms with van der Waals surface area (Å²) in [5.74, 6) is -0.915. The van der Waals surface area contributed by atoms with E-state index in [1.165, 1.54) is 0 Å². The average Bonchev–Trinajstić information content (AvgIpc) is 2.89. The minimum absolute atomic E-state index is 0.177. The summed E-state index contributed by atoms with van der Waals surface area (Å²) in [4.78, 5) is 28.8. The van der Waals surface area contributed by atoms with Crippen molar-refractivity contribution in [2.75, 3.05) is 24.2 Å². The van der Waals surface area contributed by atoms with Crippen LogP contribution in [0.15, 0.2) is 72.8 Å². The van der Waals surface area contributed by atoms with Gasteiger partial charge < -0.3 is 26.2 Å². The van der Waals surface area contributed by atoms with Crippen molar-refractivity contribution in [3.05, 3.63) is 78.4 Å². The molecule has 0 aliphatic rings. The molecule has 3 rings (SSSR count). The van der Waals surface area contributed by atoms with Gasteiger partial charge in [0.1, 0.15) is 6.04 Å². The fourth-order valence-electron chi connectivity index (χ4n) is 3.34. The first-order valence-corrected chi connectivity index (χ1v) is 11.9. The van der Waals surface area contributed by atoms with Crippen LogP contribution in [-0.4, -0.2) is 53.0 Å². The Morgan fingerprint density at radius 2 is 1.71 bits per heavy atom. The molecule has 8 nitrogen and oxygen atoms in total. The minimum atomic E-state index is -1.10. The van der Waals surface area contributed by atoms with Gasteiger partial charge in [-0.25, -0.2) is 9.78 Å². The fraction of sp³-hybridized carbons (Fsp3) is 0.269. The van der Waals surface area contributed by atoms with Gasteiger partial charge in [0.25, 0.3) is 5.91 Å². The largest absolute Gasteiger partial charge is 0.480 e. The van der Waals surface area contributed by atoms with Crippen molar-refractivity contribution in [1.29, 1.82) is 0 Å². The second kappa shape index (κ2) is 13.4. The molecule has 0 bridgehead atoms. The molecule has 9 heteroatoms. The maximum absolute atomic E-state index is 12.5. The normalized spacial score (nSPS) is 12.4. The SMILES string of the molecule is NC(CS)CNc1ccc(-c2ccccc2)nc1OCC(=O)N[C@@H](CCc1ccccc1)C(=O)O. The zero-order chi connectivity index (χ0) is 25.0. The number of rotatable bonds is 13. The lowest BCUT2D eigenvalue weighted by atomic mass is 10.1. The van der Waals surface area contributed by atoms with Crippen molar-refractivity contribution < 1.29 is 19.4 Å². The number of nitrogens with one attached hydrogen (secondary N) is 2. The number of ether oxygens (including phenoxy) is 1. The molecular weight excluding hydrogens is 464 g/mol. The second-order valence-electron chi connectivity index (χ2n) is 8.01. The van der Waals surface area contributed by atoms with Crippen LogP contribution in [0.25, 0.3) is 11.3 Å². The topological polar surface area (TPSA) is 127 Å². The Morgan fingerprint density at radius 3 is 2.37 bits per heavy atom. The molecule has 0 fully saturated rings. The summed E-state index contributed by atoms with van der Waals surface area (Å²) >= 11 is 4.20. The van der Waals surface area contributed by atoms with Gasteiger partial charge in [0.15, 0.2) is 6.61 Å². The molecule has 184 valence electrons. The standard InChI is InChI=1S/C26H30N4O4S/c27-20(17-35)15-28-22-14-13-21(19-9-5-2-6-10-19)30-25(22)34-16-24(31)29-23(26(32)33)12-11-18-7-3-1-4-8-18/h1-10,13-14,20,23,28,35H,11-12,15-17,27H2,(H,29,31)(H,32,33)/t20?,23-/m0/s1. The molecule has 1 aromatic heterocycles. The molecule has 0 spiro atoms. The molecule has 0 radical (unpaired) electrons. The smallest absolute Gasteiger partial charge is 0.326 e. The quantitative estimate of drug-likeness (QED) is 0.231. The second-order valence-corrected chi connectivity index (χ2v) is 8.38. The van der Waals surface area contributed by atoms with Gasteiger partial charge in [-0.05, 0) is 30.5 Å². The first-order chi connectivity index (χ1) is 17.0. The van der Waals surface area contributed by atoms with E-state index in [1.807, 2.05) is 72.8 Å². The third kappa shape index (κ3) is 8.31. The molecule has 0 saturated heterocycles. The average molecular weight is 495 g/mol. The number of nitrogens with two attached hydrogens (primary N) is 1. The summed E-state index contributed by atoms with van der Waals surface area (Å²) in [7, 11) is 0. The summed E-state index contributed by atoms with van der Waals surface area (Å²) in [6, 6.07) is 21.6. The van der Waals surface area contributed by atoms with Crippen LogP contribution < -0.4 is 21.1 Å². The van der Waals surface area contributed by atoms with Crippen LogP contribution >= 0.6 is 12.6 Å². The number of aliphatic carboxylic acids is 1. The van der Waals surface area contributed by atoms with Crippen molar-refractivity contribution in [3.8, 4) is 17.1 Å². The molecule has 5 N–H and O–H groups in total. The van der Waals surface area contributed by atoms with Gasteiger partial charge >= 0.3 is 5.97 Å². The third-order valence-electron chi connectivity index (χ3n) is 5.26. The van der Waals surface area contributed by atoms with E-state index < -0.39 is 17.9 Å². The predicted octanol–water partition coefficient (Wildman–Crippen LogP) is 3.00. The van der Waals surface area contributed by atoms with Gasteiger partial charge in [0.2, 0.25) is 5.88 Å². The van der Waals surface area contributed by atoms with Crippen LogP contribution in [0.2, 0.25) is 0 Å². The number of carbonyl (C=O) groups excluding carboxylic acids is 1. The first kappa shape index (κ1) is 26.1. The molecule has 1 amide bonds. The molecule has 3 aromatic rings. The summed E-state index contributed by atoms with van der Waals surface area (Å²) in [5.41, 5.74) is 9.10. The molecule has 0 saturated carbocycles. The van der Waals surface area contributed by atoms with Crippen LogP contribution in [0.1, 0.15) is 12.0 Å². The lowest BCUT2D eigenvalue weighted by Crippen LogP contribution is -2.43. The van der Waals surface area contributed by atoms with E-state index in [-0.39, 0.29) is 24.9 Å². The summed E-state index contributed by atoms with van der Waals surface area (Å²) in [6.07, 6.45) is 0.792. The Balaban J connectivity index is 1.66. The number of nitrogens with zero attached hydrogens (tertiary/aromatic N) is 1. The zero-order valence-corrected chi connectivity index (χ0v) is 20.2. The van der Waals surface area contributed by atoms with Crippen LogP contribution in [0.3, 0.4) is 0 Å². The van der Waals surface area contributed by atoms with Gasteiger partial charge in [0, 0.05) is 23.9 Å². The number of anilines is 1. The Labute approximate surface area is 210 Å². The highest BCUT2D eigenvalue weighted by Crippen LogP contribution is 2.27. The molecule has 2 atom stereocenters. The van der Waals surface area contributed by atoms with Gasteiger partial charge in [0.05, 0.1) is 11.4 Å². The molecule has 35 heavy (non-hydrogen) atoms. The van der Waals surface area contributed by atoms with Gasteiger partial charge in [-0.1, -0.05) is 60.7 Å². The van der Waals surface area contributed by atoms with Crippen molar-refractivity contribution in [2.24, 2.45) is 5.73 Å². The molecular formula is C26H30N4O4S. The van der Waals surface area contributed by atoms with Crippen LogP contribution in [0, 0.1) is 0 Å². The minimum Gasteiger partial charge on any atom is -0.480 e. The van der Waals surface area contributed by atoms with Crippen LogP contribution in [0.4, 0.5) is 5.69 Å². The maximum atomic E-state index is 12.5. The van der Waals surface area contributed by atoms with E-state index in [0.717, 1.165) is 11.1 Å². The molecule has 0 aliphatic carbocycles. The van der Waals surface area contributed by atoms with E-state index in [2.05, 4.69) is 28.2 Å². The number of thiol groups is 1. The van der Waals surface area contributed by atoms with Crippen LogP contribution in [0.5, 0.6) is 5.88 Å². The number of aromatic nitrogens is 1. The van der Waals surface area contributed by atoms with Crippen molar-refractivity contribution in [2.45, 2.75) is 24.9 Å². The number of carboxylic acid groups (broad SMARTS) is 1. The molecule has 1 heterocycles. The predicted molar refractivity (Wildman–Crippen MR) is 140 cm³/mol. The monoisotopic (exact) mass is 494 g/mol. The summed E-state index contributed by atoms with van der Waals surface area (Å²) < 4.78 is 5.73. The fourth-order valence-corrected chi connectivity index (χ4v) is 3.47. The van der Waals surface area contributed by atoms with E-state index in [1.54, 1.807) is 0 Å². The van der Waals surface area contributed by atoms with Crippen molar-refractivity contribution in [1.82, 2.24) is 10.3 Å². The van der Waals surface area contributed by atoms with E-state index in [0.29, 0.717) is 30.1 Å². The number of carboxylic acids is 1. The van der Waals surface area contributed by atoms with Gasteiger partial charge in [-0.3, -0.25) is 4.79 Å². The van der Waals surface area contributed by atoms with Crippen molar-refractivity contribution in [3.63, 3.8) is 0 Å².